The molecule has 0 heterocycles. The molecule has 4 rings (SSSR count). The third-order valence-corrected chi connectivity index (χ3v) is 6.50. The van der Waals surface area contributed by atoms with Gasteiger partial charge in [0.2, 0.25) is 0 Å². The van der Waals surface area contributed by atoms with Gasteiger partial charge in [-0.2, -0.15) is 0 Å². The molecule has 0 bridgehead atoms. The summed E-state index contributed by atoms with van der Waals surface area (Å²) in [6.45, 7) is 0. The molecule has 3 aromatic rings. The van der Waals surface area contributed by atoms with Crippen LogP contribution in [0.4, 0.5) is 0 Å². The smallest absolute Gasteiger partial charge is 0.0734 e. The van der Waals surface area contributed by atoms with E-state index < -0.39 is 5.60 Å². The molecule has 3 atom stereocenters. The number of rotatable bonds is 5. The molecule has 0 radical (unpaired) electrons. The molecule has 0 spiro atoms. The van der Waals surface area contributed by atoms with E-state index in [9.17, 15) is 5.11 Å². The molecule has 146 valence electrons. The molecule has 0 aromatic heterocycles. The lowest BCUT2D eigenvalue weighted by atomic mass is 9.67. The van der Waals surface area contributed by atoms with Crippen LogP contribution < -0.4 is 0 Å². The Morgan fingerprint density at radius 3 is 2.43 bits per heavy atom. The first-order chi connectivity index (χ1) is 13.6. The van der Waals surface area contributed by atoms with E-state index in [-0.39, 0.29) is 12.0 Å². The molecule has 28 heavy (non-hydrogen) atoms. The van der Waals surface area contributed by atoms with Crippen molar-refractivity contribution in [3.8, 4) is 0 Å². The Balaban J connectivity index is 1.77. The van der Waals surface area contributed by atoms with Crippen molar-refractivity contribution in [2.24, 2.45) is 5.92 Å². The molecule has 1 N–H and O–H groups in total. The molecule has 3 unspecified atom stereocenters. The maximum Gasteiger partial charge on any atom is 0.0734 e. The molecular weight excluding hydrogens is 342 g/mol. The van der Waals surface area contributed by atoms with Crippen molar-refractivity contribution in [1.82, 2.24) is 4.90 Å². The third kappa shape index (κ3) is 3.72. The van der Waals surface area contributed by atoms with Crippen LogP contribution in [0.25, 0.3) is 10.8 Å². The summed E-state index contributed by atoms with van der Waals surface area (Å²) in [5.74, 6) is 0.210. The Bertz CT molecular complexity index is 915. The zero-order chi connectivity index (χ0) is 19.6. The summed E-state index contributed by atoms with van der Waals surface area (Å²) in [5, 5.41) is 14.5. The summed E-state index contributed by atoms with van der Waals surface area (Å²) in [4.78, 5) is 2.31. The molecule has 1 fully saturated rings. The van der Waals surface area contributed by atoms with Gasteiger partial charge in [0.05, 0.1) is 5.60 Å². The van der Waals surface area contributed by atoms with Crippen molar-refractivity contribution in [1.29, 1.82) is 0 Å². The van der Waals surface area contributed by atoms with Gasteiger partial charge in [-0.1, -0.05) is 85.6 Å². The lowest BCUT2D eigenvalue weighted by molar-refractivity contribution is -0.0768. The lowest BCUT2D eigenvalue weighted by Crippen LogP contribution is -2.48. The van der Waals surface area contributed by atoms with Crippen LogP contribution in [0.3, 0.4) is 0 Å². The second kappa shape index (κ2) is 8.06. The maximum absolute atomic E-state index is 11.9. The van der Waals surface area contributed by atoms with Gasteiger partial charge in [-0.3, -0.25) is 0 Å². The molecular formula is C26H31NO. The van der Waals surface area contributed by atoms with Crippen LogP contribution in [-0.4, -0.2) is 29.7 Å². The van der Waals surface area contributed by atoms with Crippen molar-refractivity contribution in [3.63, 3.8) is 0 Å². The van der Waals surface area contributed by atoms with Crippen LogP contribution >= 0.6 is 0 Å². The van der Waals surface area contributed by atoms with Gasteiger partial charge in [-0.05, 0) is 48.8 Å². The van der Waals surface area contributed by atoms with E-state index >= 15 is 0 Å². The zero-order valence-electron chi connectivity index (χ0n) is 17.0. The van der Waals surface area contributed by atoms with Crippen LogP contribution in [0, 0.1) is 5.92 Å². The Morgan fingerprint density at radius 2 is 1.64 bits per heavy atom. The summed E-state index contributed by atoms with van der Waals surface area (Å²) >= 11 is 0. The molecule has 0 saturated heterocycles. The quantitative estimate of drug-likeness (QED) is 0.629. The predicted octanol–water partition coefficient (Wildman–Crippen LogP) is 5.61. The van der Waals surface area contributed by atoms with Crippen molar-refractivity contribution < 1.29 is 5.11 Å². The van der Waals surface area contributed by atoms with Crippen molar-refractivity contribution in [2.45, 2.75) is 43.7 Å². The van der Waals surface area contributed by atoms with Gasteiger partial charge in [-0.25, -0.2) is 0 Å². The lowest BCUT2D eigenvalue weighted by Gasteiger charge is -2.46. The monoisotopic (exact) mass is 373 g/mol. The Labute approximate surface area is 168 Å². The number of hydrogen-bond acceptors (Lipinski definition) is 2. The van der Waals surface area contributed by atoms with Crippen LogP contribution in [-0.2, 0) is 6.42 Å². The SMILES string of the molecule is CN(C)C(c1cccc2ccccc12)C1CCCCC1(O)Cc1ccccc1. The number of aliphatic hydroxyl groups is 1. The molecule has 2 heteroatoms. The summed E-state index contributed by atoms with van der Waals surface area (Å²) in [7, 11) is 4.31. The van der Waals surface area contributed by atoms with E-state index in [0.717, 1.165) is 25.7 Å². The first kappa shape index (κ1) is 19.2. The summed E-state index contributed by atoms with van der Waals surface area (Å²) < 4.78 is 0. The molecule has 2 nitrogen and oxygen atoms in total. The summed E-state index contributed by atoms with van der Waals surface area (Å²) in [5.41, 5.74) is 1.89. The van der Waals surface area contributed by atoms with Gasteiger partial charge in [0.15, 0.2) is 0 Å². The van der Waals surface area contributed by atoms with Crippen molar-refractivity contribution >= 4 is 10.8 Å². The summed E-state index contributed by atoms with van der Waals surface area (Å²) in [6.07, 6.45) is 4.97. The van der Waals surface area contributed by atoms with Crippen molar-refractivity contribution in [2.75, 3.05) is 14.1 Å². The standard InChI is InChI=1S/C26H31NO/c1-27(2)25(23-16-10-14-21-13-6-7-15-22(21)23)24-17-8-9-18-26(24,28)19-20-11-4-3-5-12-20/h3-7,10-16,24-25,28H,8-9,17-19H2,1-2H3. The third-order valence-electron chi connectivity index (χ3n) is 6.50. The number of benzene rings is 3. The highest BCUT2D eigenvalue weighted by Gasteiger charge is 2.44. The molecule has 1 aliphatic carbocycles. The minimum absolute atomic E-state index is 0.195. The normalized spacial score (nSPS) is 23.8. The first-order valence-electron chi connectivity index (χ1n) is 10.5. The fourth-order valence-corrected chi connectivity index (χ4v) is 5.23. The first-order valence-corrected chi connectivity index (χ1v) is 10.5. The molecule has 3 aromatic carbocycles. The predicted molar refractivity (Wildman–Crippen MR) is 117 cm³/mol. The van der Waals surface area contributed by atoms with Crippen molar-refractivity contribution in [3.05, 3.63) is 83.9 Å². The van der Waals surface area contributed by atoms with Crippen LogP contribution in [0.1, 0.15) is 42.9 Å². The van der Waals surface area contributed by atoms with E-state index in [1.165, 1.54) is 28.3 Å². The average molecular weight is 374 g/mol. The fourth-order valence-electron chi connectivity index (χ4n) is 5.23. The second-order valence-corrected chi connectivity index (χ2v) is 8.60. The van der Waals surface area contributed by atoms with E-state index in [1.54, 1.807) is 0 Å². The Kier molecular flexibility index (Phi) is 5.52. The minimum atomic E-state index is -0.675. The topological polar surface area (TPSA) is 23.5 Å². The van der Waals surface area contributed by atoms with Gasteiger partial charge in [-0.15, -0.1) is 0 Å². The van der Waals surface area contributed by atoms with E-state index in [1.807, 2.05) is 6.07 Å². The van der Waals surface area contributed by atoms with Gasteiger partial charge < -0.3 is 10.0 Å². The Morgan fingerprint density at radius 1 is 0.929 bits per heavy atom. The zero-order valence-corrected chi connectivity index (χ0v) is 17.0. The van der Waals surface area contributed by atoms with Gasteiger partial charge in [0, 0.05) is 18.4 Å². The molecule has 0 aliphatic heterocycles. The minimum Gasteiger partial charge on any atom is -0.389 e. The molecule has 0 amide bonds. The number of hydrogen-bond donors (Lipinski definition) is 1. The van der Waals surface area contributed by atoms with E-state index in [4.69, 9.17) is 0 Å². The molecule has 1 saturated carbocycles. The van der Waals surface area contributed by atoms with Gasteiger partial charge >= 0.3 is 0 Å². The van der Waals surface area contributed by atoms with Gasteiger partial charge in [0.25, 0.3) is 0 Å². The maximum atomic E-state index is 11.9. The average Bonchev–Trinajstić information content (AvgIpc) is 2.70. The van der Waals surface area contributed by atoms with Crippen LogP contribution in [0.2, 0.25) is 0 Å². The second-order valence-electron chi connectivity index (χ2n) is 8.60. The highest BCUT2D eigenvalue weighted by Crippen LogP contribution is 2.46. The highest BCUT2D eigenvalue weighted by molar-refractivity contribution is 5.86. The van der Waals surface area contributed by atoms with Gasteiger partial charge in [0.1, 0.15) is 0 Å². The Hall–Kier alpha value is -2.16. The van der Waals surface area contributed by atoms with Crippen LogP contribution in [0.5, 0.6) is 0 Å². The van der Waals surface area contributed by atoms with E-state index in [2.05, 4.69) is 85.7 Å². The van der Waals surface area contributed by atoms with Crippen LogP contribution in [0.15, 0.2) is 72.8 Å². The highest BCUT2D eigenvalue weighted by atomic mass is 16.3. The largest absolute Gasteiger partial charge is 0.389 e. The summed E-state index contributed by atoms with van der Waals surface area (Å²) in [6, 6.07) is 25.9. The fraction of sp³-hybridized carbons (Fsp3) is 0.385. The number of nitrogens with zero attached hydrogens (tertiary/aromatic N) is 1. The van der Waals surface area contributed by atoms with E-state index in [0.29, 0.717) is 0 Å². The molecule has 1 aliphatic rings. The number of fused-ring (bicyclic) bond motifs is 1.